The molecule has 0 bridgehead atoms. The molecule has 2 atom stereocenters. The van der Waals surface area contributed by atoms with E-state index >= 15 is 0 Å². The highest BCUT2D eigenvalue weighted by atomic mass is 16.5. The zero-order chi connectivity index (χ0) is 18.6. The lowest BCUT2D eigenvalue weighted by atomic mass is 10.00. The number of benzene rings is 1. The first-order chi connectivity index (χ1) is 13.3. The van der Waals surface area contributed by atoms with Crippen molar-refractivity contribution < 1.29 is 9.53 Å². The minimum absolute atomic E-state index is 0.229. The fourth-order valence-corrected chi connectivity index (χ4v) is 4.26. The van der Waals surface area contributed by atoms with E-state index < -0.39 is 0 Å². The number of morpholine rings is 1. The molecule has 0 spiro atoms. The van der Waals surface area contributed by atoms with Gasteiger partial charge in [-0.2, -0.15) is 0 Å². The highest BCUT2D eigenvalue weighted by Crippen LogP contribution is 2.29. The lowest BCUT2D eigenvalue weighted by Gasteiger charge is -2.48. The van der Waals surface area contributed by atoms with Crippen molar-refractivity contribution in [2.75, 3.05) is 32.8 Å². The Hall–Kier alpha value is -2.18. The molecule has 1 amide bonds. The van der Waals surface area contributed by atoms with Crippen molar-refractivity contribution in [3.63, 3.8) is 0 Å². The van der Waals surface area contributed by atoms with Gasteiger partial charge in [-0.1, -0.05) is 37.3 Å². The number of amides is 1. The Morgan fingerprint density at radius 3 is 2.89 bits per heavy atom. The van der Waals surface area contributed by atoms with Crippen LogP contribution < -0.4 is 0 Å². The van der Waals surface area contributed by atoms with E-state index in [1.165, 1.54) is 5.56 Å². The van der Waals surface area contributed by atoms with E-state index in [4.69, 9.17) is 4.74 Å². The normalized spacial score (nSPS) is 23.2. The van der Waals surface area contributed by atoms with Gasteiger partial charge in [0.15, 0.2) is 0 Å². The Labute approximate surface area is 160 Å². The summed E-state index contributed by atoms with van der Waals surface area (Å²) in [5.41, 5.74) is 1.30. The second-order valence-corrected chi connectivity index (χ2v) is 7.34. The highest BCUT2D eigenvalue weighted by molar-refractivity contribution is 5.76. The van der Waals surface area contributed by atoms with Crippen LogP contribution in [0.5, 0.6) is 0 Å². The van der Waals surface area contributed by atoms with Crippen LogP contribution in [-0.2, 0) is 22.5 Å². The van der Waals surface area contributed by atoms with E-state index in [9.17, 15) is 4.79 Å². The van der Waals surface area contributed by atoms with Crippen molar-refractivity contribution in [2.45, 2.75) is 38.4 Å². The largest absolute Gasteiger partial charge is 0.378 e. The topological polar surface area (TPSA) is 50.6 Å². The van der Waals surface area contributed by atoms with Gasteiger partial charge in [-0.25, -0.2) is 4.98 Å². The van der Waals surface area contributed by atoms with Gasteiger partial charge in [0, 0.05) is 51.4 Å². The molecule has 2 aliphatic rings. The van der Waals surface area contributed by atoms with E-state index in [-0.39, 0.29) is 11.9 Å². The molecule has 6 nitrogen and oxygen atoms in total. The molecule has 1 aromatic heterocycles. The van der Waals surface area contributed by atoms with Crippen LogP contribution in [0.2, 0.25) is 0 Å². The standard InChI is InChI=1S/C21H28N4O2/c1-2-20-22-9-11-23(20)10-8-21(26)24-12-13-25-18(14-24)15-27-16-19(25)17-6-4-3-5-7-17/h3-7,9,11,18-19H,2,8,10,12-16H2,1H3/t18-,19-/m1/s1. The molecule has 144 valence electrons. The monoisotopic (exact) mass is 368 g/mol. The van der Waals surface area contributed by atoms with Crippen molar-refractivity contribution in [1.29, 1.82) is 0 Å². The zero-order valence-corrected chi connectivity index (χ0v) is 16.0. The number of aromatic nitrogens is 2. The Bertz CT molecular complexity index is 761. The van der Waals surface area contributed by atoms with Gasteiger partial charge in [0.1, 0.15) is 5.82 Å². The molecule has 2 aromatic rings. The number of nitrogens with zero attached hydrogens (tertiary/aromatic N) is 4. The number of rotatable bonds is 5. The van der Waals surface area contributed by atoms with E-state index in [0.29, 0.717) is 25.6 Å². The van der Waals surface area contributed by atoms with E-state index in [2.05, 4.69) is 45.6 Å². The van der Waals surface area contributed by atoms with Crippen molar-refractivity contribution in [3.8, 4) is 0 Å². The number of aryl methyl sites for hydroxylation is 2. The van der Waals surface area contributed by atoms with Crippen LogP contribution in [0.25, 0.3) is 0 Å². The maximum atomic E-state index is 12.8. The SMILES string of the molecule is CCc1nccn1CCC(=O)N1CCN2[C@@H](COC[C@@H]2c2ccccc2)C1. The van der Waals surface area contributed by atoms with Crippen LogP contribution in [0.1, 0.15) is 30.8 Å². The molecule has 2 saturated heterocycles. The van der Waals surface area contributed by atoms with Crippen molar-refractivity contribution in [3.05, 3.63) is 54.1 Å². The maximum absolute atomic E-state index is 12.8. The number of carbonyl (C=O) groups is 1. The zero-order valence-electron chi connectivity index (χ0n) is 16.0. The molecule has 3 heterocycles. The minimum atomic E-state index is 0.229. The van der Waals surface area contributed by atoms with Crippen LogP contribution in [-0.4, -0.2) is 64.1 Å². The van der Waals surface area contributed by atoms with E-state index in [1.54, 1.807) is 0 Å². The molecule has 0 aliphatic carbocycles. The average molecular weight is 368 g/mol. The third-order valence-electron chi connectivity index (χ3n) is 5.74. The van der Waals surface area contributed by atoms with Gasteiger partial charge in [-0.05, 0) is 5.56 Å². The first-order valence-corrected chi connectivity index (χ1v) is 9.92. The predicted molar refractivity (Wildman–Crippen MR) is 103 cm³/mol. The molecule has 2 aliphatic heterocycles. The van der Waals surface area contributed by atoms with Gasteiger partial charge in [0.05, 0.1) is 25.3 Å². The van der Waals surface area contributed by atoms with Gasteiger partial charge in [-0.3, -0.25) is 9.69 Å². The van der Waals surface area contributed by atoms with Crippen molar-refractivity contribution in [2.24, 2.45) is 0 Å². The van der Waals surface area contributed by atoms with Crippen molar-refractivity contribution >= 4 is 5.91 Å². The summed E-state index contributed by atoms with van der Waals surface area (Å²) >= 11 is 0. The lowest BCUT2D eigenvalue weighted by molar-refractivity contribution is -0.140. The number of ether oxygens (including phenoxy) is 1. The third-order valence-corrected chi connectivity index (χ3v) is 5.74. The molecule has 0 unspecified atom stereocenters. The van der Waals surface area contributed by atoms with Gasteiger partial charge in [-0.15, -0.1) is 0 Å². The van der Waals surface area contributed by atoms with Gasteiger partial charge < -0.3 is 14.2 Å². The summed E-state index contributed by atoms with van der Waals surface area (Å²) in [7, 11) is 0. The molecule has 1 aromatic carbocycles. The van der Waals surface area contributed by atoms with Gasteiger partial charge >= 0.3 is 0 Å². The summed E-state index contributed by atoms with van der Waals surface area (Å²) in [5.74, 6) is 1.27. The summed E-state index contributed by atoms with van der Waals surface area (Å²) in [6.07, 6.45) is 5.19. The summed E-state index contributed by atoms with van der Waals surface area (Å²) in [6, 6.07) is 11.1. The first kappa shape index (κ1) is 18.2. The lowest BCUT2D eigenvalue weighted by Crippen LogP contribution is -2.60. The number of hydrogen-bond acceptors (Lipinski definition) is 4. The van der Waals surface area contributed by atoms with Crippen molar-refractivity contribution in [1.82, 2.24) is 19.4 Å². The van der Waals surface area contributed by atoms with E-state index in [1.807, 2.05) is 23.4 Å². The van der Waals surface area contributed by atoms with E-state index in [0.717, 1.165) is 38.5 Å². The van der Waals surface area contributed by atoms with Crippen LogP contribution in [0.3, 0.4) is 0 Å². The van der Waals surface area contributed by atoms with Crippen LogP contribution in [0, 0.1) is 0 Å². The fourth-order valence-electron chi connectivity index (χ4n) is 4.26. The molecule has 0 radical (unpaired) electrons. The molecule has 0 N–H and O–H groups in total. The Kier molecular flexibility index (Phi) is 5.55. The second-order valence-electron chi connectivity index (χ2n) is 7.34. The minimum Gasteiger partial charge on any atom is -0.378 e. The molecule has 0 saturated carbocycles. The number of hydrogen-bond donors (Lipinski definition) is 0. The quantitative estimate of drug-likeness (QED) is 0.811. The average Bonchev–Trinajstić information content (AvgIpc) is 3.19. The third kappa shape index (κ3) is 3.92. The van der Waals surface area contributed by atoms with Crippen LogP contribution in [0.4, 0.5) is 0 Å². The summed E-state index contributed by atoms with van der Waals surface area (Å²) in [4.78, 5) is 21.6. The maximum Gasteiger partial charge on any atom is 0.224 e. The summed E-state index contributed by atoms with van der Waals surface area (Å²) in [5, 5.41) is 0. The molecule has 27 heavy (non-hydrogen) atoms. The smallest absolute Gasteiger partial charge is 0.224 e. The number of piperazine rings is 1. The second kappa shape index (κ2) is 8.23. The first-order valence-electron chi connectivity index (χ1n) is 9.92. The Morgan fingerprint density at radius 1 is 1.22 bits per heavy atom. The predicted octanol–water partition coefficient (Wildman–Crippen LogP) is 2.12. The number of imidazole rings is 1. The molecular formula is C21H28N4O2. The highest BCUT2D eigenvalue weighted by Gasteiger charge is 2.37. The summed E-state index contributed by atoms with van der Waals surface area (Å²) in [6.45, 7) is 6.69. The number of fused-ring (bicyclic) bond motifs is 1. The van der Waals surface area contributed by atoms with Gasteiger partial charge in [0.2, 0.25) is 5.91 Å². The van der Waals surface area contributed by atoms with Gasteiger partial charge in [0.25, 0.3) is 0 Å². The molecule has 6 heteroatoms. The number of carbonyl (C=O) groups excluding carboxylic acids is 1. The molecule has 2 fully saturated rings. The molecule has 4 rings (SSSR count). The fraction of sp³-hybridized carbons (Fsp3) is 0.524. The summed E-state index contributed by atoms with van der Waals surface area (Å²) < 4.78 is 7.98. The Morgan fingerprint density at radius 2 is 2.07 bits per heavy atom. The van der Waals surface area contributed by atoms with Crippen LogP contribution in [0.15, 0.2) is 42.7 Å². The molecular weight excluding hydrogens is 340 g/mol. The van der Waals surface area contributed by atoms with Crippen LogP contribution >= 0.6 is 0 Å². The Balaban J connectivity index is 1.36.